The predicted molar refractivity (Wildman–Crippen MR) is 88.0 cm³/mol. The van der Waals surface area contributed by atoms with Gasteiger partial charge in [0.1, 0.15) is 17.4 Å². The molecule has 2 aromatic rings. The zero-order valence-corrected chi connectivity index (χ0v) is 13.0. The summed E-state index contributed by atoms with van der Waals surface area (Å²) in [6.45, 7) is 3.19. The van der Waals surface area contributed by atoms with Crippen molar-refractivity contribution in [2.45, 2.75) is 19.8 Å². The van der Waals surface area contributed by atoms with Crippen LogP contribution >= 0.6 is 0 Å². The van der Waals surface area contributed by atoms with Crippen molar-refractivity contribution in [3.8, 4) is 6.07 Å². The second kappa shape index (κ2) is 5.62. The van der Waals surface area contributed by atoms with E-state index in [0.717, 1.165) is 16.3 Å². The Morgan fingerprint density at radius 1 is 1.22 bits per heavy atom. The number of nitrogens with zero attached hydrogens (tertiary/aromatic N) is 1. The molecule has 0 saturated carbocycles. The van der Waals surface area contributed by atoms with Crippen LogP contribution in [0.1, 0.15) is 25.3 Å². The smallest absolute Gasteiger partial charge is 0.205 e. The Morgan fingerprint density at radius 3 is 2.61 bits per heavy atom. The number of benzene rings is 2. The van der Waals surface area contributed by atoms with Crippen molar-refractivity contribution in [3.63, 3.8) is 0 Å². The van der Waals surface area contributed by atoms with Gasteiger partial charge in [0, 0.05) is 5.57 Å². The second-order valence-electron chi connectivity index (χ2n) is 5.52. The van der Waals surface area contributed by atoms with Crippen molar-refractivity contribution in [2.75, 3.05) is 0 Å². The molecule has 0 amide bonds. The lowest BCUT2D eigenvalue weighted by Crippen LogP contribution is -2.23. The van der Waals surface area contributed by atoms with Crippen molar-refractivity contribution in [1.29, 1.82) is 5.26 Å². The van der Waals surface area contributed by atoms with Crippen molar-refractivity contribution < 1.29 is 9.53 Å². The molecule has 23 heavy (non-hydrogen) atoms. The van der Waals surface area contributed by atoms with E-state index in [9.17, 15) is 10.1 Å². The monoisotopic (exact) mass is 304 g/mol. The SMILES string of the molecule is CC(=O)C1=C(C)OC(N)=C(C#N)[C@@H]1c1cccc2ccccc12. The topological polar surface area (TPSA) is 76.1 Å². The first-order chi connectivity index (χ1) is 11.0. The van der Waals surface area contributed by atoms with Crippen LogP contribution in [-0.4, -0.2) is 5.78 Å². The van der Waals surface area contributed by atoms with E-state index >= 15 is 0 Å². The maximum atomic E-state index is 12.2. The van der Waals surface area contributed by atoms with Crippen LogP contribution in [0.2, 0.25) is 0 Å². The van der Waals surface area contributed by atoms with Crippen LogP contribution in [0.25, 0.3) is 10.8 Å². The lowest BCUT2D eigenvalue weighted by molar-refractivity contribution is -0.114. The third-order valence-corrected chi connectivity index (χ3v) is 4.12. The fourth-order valence-electron chi connectivity index (χ4n) is 3.15. The van der Waals surface area contributed by atoms with Gasteiger partial charge in [-0.2, -0.15) is 5.26 Å². The summed E-state index contributed by atoms with van der Waals surface area (Å²) < 4.78 is 5.42. The Bertz CT molecular complexity index is 911. The second-order valence-corrected chi connectivity index (χ2v) is 5.52. The van der Waals surface area contributed by atoms with Gasteiger partial charge in [-0.15, -0.1) is 0 Å². The number of rotatable bonds is 2. The number of carbonyl (C=O) groups is 1. The summed E-state index contributed by atoms with van der Waals surface area (Å²) in [7, 11) is 0. The lowest BCUT2D eigenvalue weighted by atomic mass is 9.79. The predicted octanol–water partition coefficient (Wildman–Crippen LogP) is 3.51. The number of carbonyl (C=O) groups excluding carboxylic acids is 1. The Kier molecular flexibility index (Phi) is 3.63. The maximum Gasteiger partial charge on any atom is 0.205 e. The van der Waals surface area contributed by atoms with Gasteiger partial charge in [0.15, 0.2) is 5.78 Å². The largest absolute Gasteiger partial charge is 0.445 e. The molecule has 0 saturated heterocycles. The number of hydrogen-bond donors (Lipinski definition) is 1. The van der Waals surface area contributed by atoms with Gasteiger partial charge in [-0.05, 0) is 30.2 Å². The highest BCUT2D eigenvalue weighted by Gasteiger charge is 2.34. The Hall–Kier alpha value is -3.06. The fourth-order valence-corrected chi connectivity index (χ4v) is 3.15. The number of ether oxygens (including phenoxy) is 1. The van der Waals surface area contributed by atoms with Crippen LogP contribution in [0.4, 0.5) is 0 Å². The molecule has 0 radical (unpaired) electrons. The van der Waals surface area contributed by atoms with Crippen LogP contribution in [0, 0.1) is 11.3 Å². The molecular weight excluding hydrogens is 288 g/mol. The van der Waals surface area contributed by atoms with Gasteiger partial charge in [-0.25, -0.2) is 0 Å². The minimum Gasteiger partial charge on any atom is -0.445 e. The highest BCUT2D eigenvalue weighted by Crippen LogP contribution is 2.41. The van der Waals surface area contributed by atoms with E-state index < -0.39 is 5.92 Å². The summed E-state index contributed by atoms with van der Waals surface area (Å²) in [5, 5.41) is 11.6. The standard InChI is InChI=1S/C19H16N2O2/c1-11(22)17-12(2)23-19(21)16(10-20)18(17)15-9-5-7-13-6-3-4-8-14(13)15/h3-9,18H,21H2,1-2H3/t18-/m0/s1. The number of nitriles is 1. The first-order valence-electron chi connectivity index (χ1n) is 7.31. The van der Waals surface area contributed by atoms with Gasteiger partial charge in [0.2, 0.25) is 5.88 Å². The van der Waals surface area contributed by atoms with E-state index in [-0.39, 0.29) is 17.2 Å². The summed E-state index contributed by atoms with van der Waals surface area (Å²) in [5.41, 5.74) is 7.54. The van der Waals surface area contributed by atoms with Gasteiger partial charge in [-0.1, -0.05) is 42.5 Å². The molecule has 114 valence electrons. The third kappa shape index (κ3) is 2.36. The van der Waals surface area contributed by atoms with E-state index in [4.69, 9.17) is 10.5 Å². The van der Waals surface area contributed by atoms with E-state index in [0.29, 0.717) is 11.3 Å². The van der Waals surface area contributed by atoms with E-state index in [1.807, 2.05) is 42.5 Å². The fraction of sp³-hybridized carbons (Fsp3) is 0.158. The van der Waals surface area contributed by atoms with Crippen LogP contribution in [-0.2, 0) is 9.53 Å². The van der Waals surface area contributed by atoms with Crippen molar-refractivity contribution >= 4 is 16.6 Å². The van der Waals surface area contributed by atoms with Gasteiger partial charge in [0.25, 0.3) is 0 Å². The number of fused-ring (bicyclic) bond motifs is 1. The van der Waals surface area contributed by atoms with Crippen LogP contribution in [0.3, 0.4) is 0 Å². The number of hydrogen-bond acceptors (Lipinski definition) is 4. The lowest BCUT2D eigenvalue weighted by Gasteiger charge is -2.27. The number of ketones is 1. The first kappa shape index (κ1) is 14.9. The van der Waals surface area contributed by atoms with Crippen molar-refractivity contribution in [1.82, 2.24) is 0 Å². The van der Waals surface area contributed by atoms with E-state index in [1.54, 1.807) is 6.92 Å². The highest BCUT2D eigenvalue weighted by molar-refractivity contribution is 5.98. The summed E-state index contributed by atoms with van der Waals surface area (Å²) in [5.74, 6) is -0.113. The molecule has 4 heteroatoms. The molecule has 2 aromatic carbocycles. The molecule has 3 rings (SSSR count). The van der Waals surface area contributed by atoms with Crippen molar-refractivity contribution in [3.05, 3.63) is 70.8 Å². The molecule has 1 aliphatic heterocycles. The molecule has 4 nitrogen and oxygen atoms in total. The Labute approximate surface area is 134 Å². The summed E-state index contributed by atoms with van der Waals surface area (Å²) in [6, 6.07) is 15.9. The van der Waals surface area contributed by atoms with Crippen LogP contribution < -0.4 is 5.73 Å². The van der Waals surface area contributed by atoms with Crippen molar-refractivity contribution in [2.24, 2.45) is 5.73 Å². The van der Waals surface area contributed by atoms with Crippen LogP contribution in [0.5, 0.6) is 0 Å². The maximum absolute atomic E-state index is 12.2. The molecule has 0 spiro atoms. The molecule has 1 atom stereocenters. The molecule has 0 bridgehead atoms. The molecule has 0 unspecified atom stereocenters. The average Bonchev–Trinajstić information content (AvgIpc) is 2.53. The molecular formula is C19H16N2O2. The average molecular weight is 304 g/mol. The molecule has 0 aromatic heterocycles. The minimum absolute atomic E-state index is 0.0629. The summed E-state index contributed by atoms with van der Waals surface area (Å²) >= 11 is 0. The highest BCUT2D eigenvalue weighted by atomic mass is 16.5. The minimum atomic E-state index is -0.502. The third-order valence-electron chi connectivity index (χ3n) is 4.12. The summed E-state index contributed by atoms with van der Waals surface area (Å²) in [6.07, 6.45) is 0. The molecule has 0 aliphatic carbocycles. The van der Waals surface area contributed by atoms with E-state index in [2.05, 4.69) is 6.07 Å². The summed E-state index contributed by atoms with van der Waals surface area (Å²) in [4.78, 5) is 12.2. The molecule has 2 N–H and O–H groups in total. The molecule has 1 aliphatic rings. The zero-order valence-electron chi connectivity index (χ0n) is 13.0. The van der Waals surface area contributed by atoms with E-state index in [1.165, 1.54) is 6.92 Å². The van der Waals surface area contributed by atoms with Gasteiger partial charge < -0.3 is 10.5 Å². The number of Topliss-reactive ketones (excluding diaryl/α,β-unsaturated/α-hetero) is 1. The Morgan fingerprint density at radius 2 is 1.91 bits per heavy atom. The first-order valence-corrected chi connectivity index (χ1v) is 7.31. The normalized spacial score (nSPS) is 17.9. The number of allylic oxidation sites excluding steroid dienone is 3. The molecule has 1 heterocycles. The van der Waals surface area contributed by atoms with Crippen LogP contribution in [0.15, 0.2) is 65.3 Å². The quantitative estimate of drug-likeness (QED) is 0.921. The zero-order chi connectivity index (χ0) is 16.6. The Balaban J connectivity index is 2.34. The van der Waals surface area contributed by atoms with Gasteiger partial charge >= 0.3 is 0 Å². The molecule has 0 fully saturated rings. The van der Waals surface area contributed by atoms with Gasteiger partial charge in [0.05, 0.1) is 5.92 Å². The van der Waals surface area contributed by atoms with Gasteiger partial charge in [-0.3, -0.25) is 4.79 Å². The number of nitrogens with two attached hydrogens (primary N) is 1.